The van der Waals surface area contributed by atoms with Crippen molar-refractivity contribution in [3.05, 3.63) is 0 Å². The molecule has 6 heteroatoms. The maximum atomic E-state index is 12.6. The van der Waals surface area contributed by atoms with Crippen molar-refractivity contribution >= 4 is 5.91 Å². The molecule has 0 spiro atoms. The van der Waals surface area contributed by atoms with Crippen LogP contribution in [0.1, 0.15) is 12.8 Å². The number of nitriles is 1. The number of carbonyl (C=O) groups is 1. The first-order valence-electron chi connectivity index (χ1n) is 6.30. The van der Waals surface area contributed by atoms with Crippen LogP contribution in [0.3, 0.4) is 0 Å². The Bertz CT molecular complexity index is 347. The van der Waals surface area contributed by atoms with Crippen LogP contribution in [-0.2, 0) is 14.3 Å². The lowest BCUT2D eigenvalue weighted by molar-refractivity contribution is -0.152. The molecular formula is C12H19N3O3. The molecule has 0 aromatic carbocycles. The van der Waals surface area contributed by atoms with Crippen LogP contribution in [0, 0.1) is 16.7 Å². The molecule has 0 aromatic rings. The number of hydrogen-bond acceptors (Lipinski definition) is 5. The fraction of sp³-hybridized carbons (Fsp3) is 0.833. The maximum Gasteiger partial charge on any atom is 0.230 e. The Morgan fingerprint density at radius 3 is 2.78 bits per heavy atom. The highest BCUT2D eigenvalue weighted by molar-refractivity contribution is 5.83. The monoisotopic (exact) mass is 253 g/mol. The van der Waals surface area contributed by atoms with Crippen LogP contribution in [0.15, 0.2) is 0 Å². The molecule has 0 aliphatic carbocycles. The summed E-state index contributed by atoms with van der Waals surface area (Å²) in [5.74, 6) is 0.0526. The second-order valence-corrected chi connectivity index (χ2v) is 4.84. The fourth-order valence-electron chi connectivity index (χ4n) is 2.51. The molecule has 1 unspecified atom stereocenters. The van der Waals surface area contributed by atoms with Gasteiger partial charge in [-0.15, -0.1) is 0 Å². The summed E-state index contributed by atoms with van der Waals surface area (Å²) in [5, 5.41) is 8.86. The molecule has 2 heterocycles. The van der Waals surface area contributed by atoms with Crippen molar-refractivity contribution in [3.8, 4) is 6.07 Å². The van der Waals surface area contributed by atoms with E-state index in [1.54, 1.807) is 4.90 Å². The van der Waals surface area contributed by atoms with Crippen molar-refractivity contribution in [2.45, 2.75) is 18.9 Å². The number of morpholine rings is 1. The van der Waals surface area contributed by atoms with E-state index in [4.69, 9.17) is 20.5 Å². The molecule has 2 fully saturated rings. The van der Waals surface area contributed by atoms with Gasteiger partial charge in [0.05, 0.1) is 24.6 Å². The van der Waals surface area contributed by atoms with Crippen molar-refractivity contribution in [3.63, 3.8) is 0 Å². The molecule has 6 nitrogen and oxygen atoms in total. The molecule has 100 valence electrons. The first-order valence-corrected chi connectivity index (χ1v) is 6.30. The molecule has 0 aromatic heterocycles. The summed E-state index contributed by atoms with van der Waals surface area (Å²) in [4.78, 5) is 14.3. The van der Waals surface area contributed by atoms with Gasteiger partial charge in [0.15, 0.2) is 6.10 Å². The topological polar surface area (TPSA) is 88.6 Å². The van der Waals surface area contributed by atoms with Crippen molar-refractivity contribution in [2.75, 3.05) is 39.5 Å². The first-order chi connectivity index (χ1) is 8.72. The van der Waals surface area contributed by atoms with Gasteiger partial charge in [0.1, 0.15) is 0 Å². The maximum absolute atomic E-state index is 12.6. The standard InChI is InChI=1S/C12H19N3O3/c13-7-10-8-15(3-6-18-10)11(16)12(9-14)1-4-17-5-2-12/h10H,1-6,8-9,14H2. The van der Waals surface area contributed by atoms with E-state index < -0.39 is 11.5 Å². The number of rotatable bonds is 2. The Hall–Kier alpha value is -1.16. The van der Waals surface area contributed by atoms with Gasteiger partial charge < -0.3 is 20.1 Å². The van der Waals surface area contributed by atoms with E-state index in [-0.39, 0.29) is 5.91 Å². The van der Waals surface area contributed by atoms with Crippen LogP contribution in [0.2, 0.25) is 0 Å². The van der Waals surface area contributed by atoms with Gasteiger partial charge in [-0.05, 0) is 12.8 Å². The number of carbonyl (C=O) groups excluding carboxylic acids is 1. The second-order valence-electron chi connectivity index (χ2n) is 4.84. The van der Waals surface area contributed by atoms with Crippen LogP contribution in [0.4, 0.5) is 0 Å². The summed E-state index contributed by atoms with van der Waals surface area (Å²) in [6.45, 7) is 2.80. The number of amides is 1. The van der Waals surface area contributed by atoms with Gasteiger partial charge in [-0.2, -0.15) is 5.26 Å². The predicted octanol–water partition coefficient (Wildman–Crippen LogP) is -0.507. The molecule has 2 N–H and O–H groups in total. The van der Waals surface area contributed by atoms with Gasteiger partial charge >= 0.3 is 0 Å². The van der Waals surface area contributed by atoms with Crippen LogP contribution < -0.4 is 5.73 Å². The van der Waals surface area contributed by atoms with Crippen molar-refractivity contribution in [1.82, 2.24) is 4.90 Å². The molecule has 18 heavy (non-hydrogen) atoms. The SMILES string of the molecule is N#CC1CN(C(=O)C2(CN)CCOCC2)CCO1. The molecule has 1 atom stereocenters. The number of nitrogens with zero attached hydrogens (tertiary/aromatic N) is 2. The van der Waals surface area contributed by atoms with E-state index in [0.29, 0.717) is 52.3 Å². The van der Waals surface area contributed by atoms with Crippen LogP contribution >= 0.6 is 0 Å². The Labute approximate surface area is 107 Å². The molecule has 2 saturated heterocycles. The lowest BCUT2D eigenvalue weighted by atomic mass is 9.78. The van der Waals surface area contributed by atoms with Gasteiger partial charge in [-0.1, -0.05) is 0 Å². The third-order valence-electron chi connectivity index (χ3n) is 3.79. The average Bonchev–Trinajstić information content (AvgIpc) is 2.47. The lowest BCUT2D eigenvalue weighted by Crippen LogP contribution is -2.55. The summed E-state index contributed by atoms with van der Waals surface area (Å²) in [5.41, 5.74) is 5.31. The van der Waals surface area contributed by atoms with Crippen molar-refractivity contribution in [1.29, 1.82) is 5.26 Å². The highest BCUT2D eigenvalue weighted by Gasteiger charge is 2.42. The minimum Gasteiger partial charge on any atom is -0.381 e. The Morgan fingerprint density at radius 2 is 2.17 bits per heavy atom. The number of ether oxygens (including phenoxy) is 2. The van der Waals surface area contributed by atoms with Gasteiger partial charge in [0.2, 0.25) is 5.91 Å². The smallest absolute Gasteiger partial charge is 0.230 e. The molecule has 0 radical (unpaired) electrons. The minimum atomic E-state index is -0.516. The molecule has 0 saturated carbocycles. The van der Waals surface area contributed by atoms with Crippen LogP contribution in [0.25, 0.3) is 0 Å². The quantitative estimate of drug-likeness (QED) is 0.716. The van der Waals surface area contributed by atoms with Gasteiger partial charge in [0.25, 0.3) is 0 Å². The summed E-state index contributed by atoms with van der Waals surface area (Å²) < 4.78 is 10.6. The minimum absolute atomic E-state index is 0.0526. The highest BCUT2D eigenvalue weighted by Crippen LogP contribution is 2.32. The van der Waals surface area contributed by atoms with Crippen molar-refractivity contribution < 1.29 is 14.3 Å². The van der Waals surface area contributed by atoms with E-state index in [0.717, 1.165) is 0 Å². The van der Waals surface area contributed by atoms with Crippen LogP contribution in [-0.4, -0.2) is 56.4 Å². The van der Waals surface area contributed by atoms with Crippen LogP contribution in [0.5, 0.6) is 0 Å². The summed E-state index contributed by atoms with van der Waals surface area (Å²) in [6, 6.07) is 2.05. The Balaban J connectivity index is 2.06. The van der Waals surface area contributed by atoms with Gasteiger partial charge in [-0.3, -0.25) is 4.79 Å². The Morgan fingerprint density at radius 1 is 1.44 bits per heavy atom. The molecule has 2 aliphatic rings. The largest absolute Gasteiger partial charge is 0.381 e. The highest BCUT2D eigenvalue weighted by atomic mass is 16.5. The molecule has 1 amide bonds. The van der Waals surface area contributed by atoms with E-state index >= 15 is 0 Å². The zero-order valence-corrected chi connectivity index (χ0v) is 10.4. The van der Waals surface area contributed by atoms with Crippen molar-refractivity contribution in [2.24, 2.45) is 11.1 Å². The summed E-state index contributed by atoms with van der Waals surface area (Å²) >= 11 is 0. The first kappa shape index (κ1) is 13.3. The number of nitrogens with two attached hydrogens (primary N) is 1. The molecular weight excluding hydrogens is 234 g/mol. The normalized spacial score (nSPS) is 27.6. The second kappa shape index (κ2) is 5.65. The van der Waals surface area contributed by atoms with Gasteiger partial charge in [0, 0.05) is 26.3 Å². The molecule has 0 bridgehead atoms. The number of hydrogen-bond donors (Lipinski definition) is 1. The summed E-state index contributed by atoms with van der Waals surface area (Å²) in [6.07, 6.45) is 0.811. The van der Waals surface area contributed by atoms with E-state index in [1.807, 2.05) is 0 Å². The predicted molar refractivity (Wildman–Crippen MR) is 63.5 cm³/mol. The third kappa shape index (κ3) is 2.48. The zero-order valence-electron chi connectivity index (χ0n) is 10.4. The Kier molecular flexibility index (Phi) is 4.17. The zero-order chi connectivity index (χ0) is 13.0. The van der Waals surface area contributed by atoms with E-state index in [2.05, 4.69) is 6.07 Å². The summed E-state index contributed by atoms with van der Waals surface area (Å²) in [7, 11) is 0. The fourth-order valence-corrected chi connectivity index (χ4v) is 2.51. The van der Waals surface area contributed by atoms with E-state index in [9.17, 15) is 4.79 Å². The van der Waals surface area contributed by atoms with Gasteiger partial charge in [-0.25, -0.2) is 0 Å². The average molecular weight is 253 g/mol. The lowest BCUT2D eigenvalue weighted by Gasteiger charge is -2.40. The molecule has 2 rings (SSSR count). The van der Waals surface area contributed by atoms with E-state index in [1.165, 1.54) is 0 Å². The third-order valence-corrected chi connectivity index (χ3v) is 3.79. The molecule has 2 aliphatic heterocycles.